The van der Waals surface area contributed by atoms with E-state index in [4.69, 9.17) is 28.7 Å². The quantitative estimate of drug-likeness (QED) is 0.0146. The summed E-state index contributed by atoms with van der Waals surface area (Å²) in [6.45, 7) is -0.533. The minimum Gasteiger partial charge on any atom is -0.508 e. The zero-order valence-corrected chi connectivity index (χ0v) is 51.7. The van der Waals surface area contributed by atoms with E-state index in [0.29, 0.717) is 30.4 Å². The van der Waals surface area contributed by atoms with Crippen molar-refractivity contribution in [2.75, 3.05) is 36.9 Å². The smallest absolute Gasteiger partial charge is 0.315 e. The minimum atomic E-state index is -1.85. The number of nitrogens with zero attached hydrogens (tertiary/aromatic N) is 2. The van der Waals surface area contributed by atoms with Crippen molar-refractivity contribution < 1.29 is 67.4 Å². The number of primary amides is 3. The van der Waals surface area contributed by atoms with Gasteiger partial charge in [-0.2, -0.15) is 11.8 Å². The first-order chi connectivity index (χ1) is 42.9. The Labute approximate surface area is 530 Å². The summed E-state index contributed by atoms with van der Waals surface area (Å²) >= 11 is 1.72. The van der Waals surface area contributed by atoms with E-state index in [1.165, 1.54) is 29.2 Å². The van der Waals surface area contributed by atoms with E-state index in [1.54, 1.807) is 42.1 Å². The average molecular weight is 1310 g/mol. The highest BCUT2D eigenvalue weighted by Gasteiger charge is 2.44. The molecule has 490 valence electrons. The summed E-state index contributed by atoms with van der Waals surface area (Å²) in [6, 6.07) is 1.83. The van der Waals surface area contributed by atoms with Crippen LogP contribution in [-0.2, 0) is 70.4 Å². The number of nitrogens with one attached hydrogen (secondary N) is 10. The second kappa shape index (κ2) is 35.0. The summed E-state index contributed by atoms with van der Waals surface area (Å²) in [5, 5.41) is 36.9. The number of fused-ring (bicyclic) bond motifs is 1. The van der Waals surface area contributed by atoms with Gasteiger partial charge >= 0.3 is 6.03 Å². The van der Waals surface area contributed by atoms with Gasteiger partial charge in [-0.05, 0) is 68.2 Å². The fraction of sp³-hybridized carbons (Fsp3) is 0.536. The van der Waals surface area contributed by atoms with E-state index >= 15 is 0 Å². The van der Waals surface area contributed by atoms with Gasteiger partial charge in [-0.25, -0.2) is 4.79 Å². The van der Waals surface area contributed by atoms with Crippen molar-refractivity contribution in [2.45, 2.75) is 149 Å². The summed E-state index contributed by atoms with van der Waals surface area (Å²) in [7, 11) is 1.92. The summed E-state index contributed by atoms with van der Waals surface area (Å²) in [5.41, 5.74) is 28.3. The molecule has 6 rings (SSSR count). The lowest BCUT2D eigenvalue weighted by molar-refractivity contribution is -0.142. The number of amides is 14. The third kappa shape index (κ3) is 22.5. The highest BCUT2D eigenvalue weighted by molar-refractivity contribution is 8.76. The van der Waals surface area contributed by atoms with E-state index in [-0.39, 0.29) is 105 Å². The Morgan fingerprint density at radius 1 is 0.656 bits per heavy atom. The summed E-state index contributed by atoms with van der Waals surface area (Å²) in [5.74, 6) is -10.9. The number of carbonyl (C=O) groups is 13. The molecule has 14 amide bonds. The number of carbonyl (C=O) groups excluding carboxylic acids is 13. The van der Waals surface area contributed by atoms with E-state index < -0.39 is 145 Å². The molecule has 4 aliphatic rings. The van der Waals surface area contributed by atoms with Gasteiger partial charge in [0.05, 0.1) is 25.0 Å². The molecule has 11 atom stereocenters. The van der Waals surface area contributed by atoms with Gasteiger partial charge < -0.3 is 91.8 Å². The molecular formula is C56H79N17O14S3. The van der Waals surface area contributed by atoms with Crippen LogP contribution in [0.15, 0.2) is 59.6 Å². The molecule has 0 radical (unpaired) electrons. The largest absolute Gasteiger partial charge is 0.508 e. The molecule has 0 saturated carbocycles. The maximum atomic E-state index is 15.0. The Balaban J connectivity index is 1.34. The summed E-state index contributed by atoms with van der Waals surface area (Å²) in [6.07, 6.45) is -0.0875. The van der Waals surface area contributed by atoms with Crippen molar-refractivity contribution in [3.63, 3.8) is 0 Å². The molecule has 34 heteroatoms. The van der Waals surface area contributed by atoms with Gasteiger partial charge in [0.2, 0.25) is 70.9 Å². The Morgan fingerprint density at radius 3 is 1.96 bits per heavy atom. The first-order valence-corrected chi connectivity index (χ1v) is 32.8. The number of likely N-dealkylation sites (tertiary alicyclic amines) is 1. The summed E-state index contributed by atoms with van der Waals surface area (Å²) in [4.78, 5) is 183. The zero-order chi connectivity index (χ0) is 65.4. The van der Waals surface area contributed by atoms with Gasteiger partial charge in [0.1, 0.15) is 54.1 Å². The molecule has 0 spiro atoms. The van der Waals surface area contributed by atoms with Crippen molar-refractivity contribution >= 4 is 116 Å². The van der Waals surface area contributed by atoms with Crippen LogP contribution in [0.2, 0.25) is 0 Å². The Hall–Kier alpha value is -8.53. The van der Waals surface area contributed by atoms with Crippen LogP contribution in [0.4, 0.5) is 4.79 Å². The maximum absolute atomic E-state index is 15.0. The van der Waals surface area contributed by atoms with E-state index in [1.807, 2.05) is 0 Å². The van der Waals surface area contributed by atoms with E-state index in [0.717, 1.165) is 27.3 Å². The zero-order valence-electron chi connectivity index (χ0n) is 49.2. The van der Waals surface area contributed by atoms with Gasteiger partial charge in [-0.3, -0.25) is 62.5 Å². The molecule has 0 bridgehead atoms. The number of benzene rings is 2. The molecule has 0 aliphatic carbocycles. The number of thioether (sulfide) groups is 1. The lowest BCUT2D eigenvalue weighted by Gasteiger charge is -2.31. The van der Waals surface area contributed by atoms with Crippen LogP contribution in [0.3, 0.4) is 0 Å². The maximum Gasteiger partial charge on any atom is 0.315 e. The number of rotatable bonds is 25. The average Bonchev–Trinajstić information content (AvgIpc) is 1.93. The number of phenolic OH excluding ortho intramolecular Hbond substituents is 1. The molecule has 0 unspecified atom stereocenters. The molecule has 4 aliphatic heterocycles. The number of unbranched alkanes of at least 4 members (excludes halogenated alkanes) is 1. The first kappa shape index (κ1) is 70.6. The fourth-order valence-electron chi connectivity index (χ4n) is 10.4. The molecule has 2 aromatic rings. The molecule has 31 nitrogen and oxygen atoms in total. The molecule has 2 aromatic carbocycles. The van der Waals surface area contributed by atoms with Crippen molar-refractivity contribution in [1.29, 1.82) is 0 Å². The molecular weight excluding hydrogens is 1230 g/mol. The second-order valence-corrected chi connectivity index (χ2v) is 25.8. The van der Waals surface area contributed by atoms with Gasteiger partial charge in [0.15, 0.2) is 5.96 Å². The molecule has 21 N–H and O–H groups in total. The summed E-state index contributed by atoms with van der Waals surface area (Å²) < 4.78 is 0. The number of hydrogen-bond donors (Lipinski definition) is 16. The Bertz CT molecular complexity index is 2970. The third-order valence-electron chi connectivity index (χ3n) is 15.0. The van der Waals surface area contributed by atoms with Crippen molar-refractivity contribution in [2.24, 2.45) is 33.7 Å². The van der Waals surface area contributed by atoms with E-state index in [9.17, 15) is 67.4 Å². The van der Waals surface area contributed by atoms with Crippen LogP contribution in [0.25, 0.3) is 0 Å². The number of guanidine groups is 1. The highest BCUT2D eigenvalue weighted by atomic mass is 33.1. The fourth-order valence-corrected chi connectivity index (χ4v) is 14.3. The number of aromatic hydroxyl groups is 1. The predicted octanol–water partition coefficient (Wildman–Crippen LogP) is -4.52. The van der Waals surface area contributed by atoms with Gasteiger partial charge in [0, 0.05) is 61.3 Å². The third-order valence-corrected chi connectivity index (χ3v) is 19.0. The predicted molar refractivity (Wildman–Crippen MR) is 333 cm³/mol. The second-order valence-electron chi connectivity index (χ2n) is 22.0. The number of hydrogen-bond acceptors (Lipinski definition) is 18. The number of aliphatic imine (C=N–C) groups is 1. The van der Waals surface area contributed by atoms with E-state index in [2.05, 4.69) is 58.2 Å². The molecule has 4 heterocycles. The van der Waals surface area contributed by atoms with Crippen LogP contribution in [-0.4, -0.2) is 195 Å². The Kier molecular flexibility index (Phi) is 27.5. The highest BCUT2D eigenvalue weighted by Crippen LogP contribution is 2.33. The molecule has 4 fully saturated rings. The van der Waals surface area contributed by atoms with Crippen LogP contribution in [0.1, 0.15) is 81.8 Å². The lowest BCUT2D eigenvalue weighted by atomic mass is 10.0. The van der Waals surface area contributed by atoms with Crippen LogP contribution in [0.5, 0.6) is 5.75 Å². The molecule has 4 saturated heterocycles. The molecule has 90 heavy (non-hydrogen) atoms. The standard InChI is InChI=1S/C56H79N17O14S3/c57-42(75)19-18-33-48(80)69-36(24-43(58)76)51(83)70-39(54(86)73-21-7-11-40(73)53(85)66-32(10-6-20-62-55(60)61)47(79)63-25-44(59)77)28-90-89-27-38(64-45(78)13-5-4-12-41-46-37(26-88-41)71-56(87)72-46)52(84)68-35(23-30-14-16-31(74)17-15-30)50(82)67-34(49(81)65-33)22-29-8-2-1-3-9-29/h1-3,8-9,14-17,32-41,46,74H,4-7,10-13,18-28H2,(H2,57,75)(H2,58,76)(H2,59,77)(H,63,79)(H,64,78)(H,65,81)(H,66,85)(H,67,82)(H,68,84)(H,69,80)(H,70,83)(H4,60,61,62)(H2,71,72,87)/t32-,33-,34-,35-,36-,37-,38-,39-,40-,41-,46-/m0/s1. The van der Waals surface area contributed by atoms with Crippen molar-refractivity contribution in [3.05, 3.63) is 65.7 Å². The van der Waals surface area contributed by atoms with Crippen molar-refractivity contribution in [1.82, 2.24) is 58.1 Å². The number of urea groups is 1. The van der Waals surface area contributed by atoms with Gasteiger partial charge in [-0.1, -0.05) is 70.5 Å². The van der Waals surface area contributed by atoms with Gasteiger partial charge in [0.25, 0.3) is 0 Å². The normalized spacial score (nSPS) is 24.6. The number of nitrogens with two attached hydrogens (primary N) is 5. The van der Waals surface area contributed by atoms with Gasteiger partial charge in [-0.15, -0.1) is 0 Å². The Morgan fingerprint density at radius 2 is 1.29 bits per heavy atom. The van der Waals surface area contributed by atoms with Crippen LogP contribution < -0.4 is 81.8 Å². The SMILES string of the molecule is NC(=O)CC[C@@H]1NC(=O)[C@H](Cc2ccccc2)NC(=O)[C@H](Cc2ccc(O)cc2)NC(=O)[C@@H](NC(=O)CCCC[C@@H]2SC[C@@H]3NC(=O)N[C@@H]32)CSSC[C@@H](C(=O)N2CCC[C@H]2C(=O)N[C@@H](CCCN=C(N)N)C(=O)NCC(N)=O)NC(=O)[C@H](CC(N)=O)NC1=O. The number of phenols is 1. The van der Waals surface area contributed by atoms with Crippen molar-refractivity contribution in [3.8, 4) is 5.75 Å². The lowest BCUT2D eigenvalue weighted by Crippen LogP contribution is -2.61. The topological polar surface area (TPSA) is 508 Å². The minimum absolute atomic E-state index is 0.00111. The monoisotopic (exact) mass is 1310 g/mol. The first-order valence-electron chi connectivity index (χ1n) is 29.3. The molecule has 0 aromatic heterocycles. The van der Waals surface area contributed by atoms with Crippen LogP contribution in [0, 0.1) is 0 Å². The van der Waals surface area contributed by atoms with Crippen LogP contribution >= 0.6 is 33.3 Å².